The Kier molecular flexibility index (Phi) is 2.45. The van der Waals surface area contributed by atoms with E-state index in [1.807, 2.05) is 0 Å². The number of aliphatic hydroxyl groups is 1. The van der Waals surface area contributed by atoms with Crippen molar-refractivity contribution >= 4 is 0 Å². The van der Waals surface area contributed by atoms with E-state index in [0.29, 0.717) is 0 Å². The van der Waals surface area contributed by atoms with Crippen molar-refractivity contribution in [1.29, 1.82) is 0 Å². The predicted molar refractivity (Wildman–Crippen MR) is 33.8 cm³/mol. The summed E-state index contributed by atoms with van der Waals surface area (Å²) >= 11 is 0. The molecule has 0 aromatic carbocycles. The first-order valence-electron chi connectivity index (χ1n) is 3.31. The van der Waals surface area contributed by atoms with Gasteiger partial charge in [-0.25, -0.2) is 0 Å². The summed E-state index contributed by atoms with van der Waals surface area (Å²) in [6, 6.07) is 0.162. The molecule has 0 spiro atoms. The number of hydroxylamine groups is 1. The Bertz CT molecular complexity index is 87.1. The largest absolute Gasteiger partial charge is 0.391 e. The third-order valence-corrected chi connectivity index (χ3v) is 1.75. The van der Waals surface area contributed by atoms with E-state index >= 15 is 0 Å². The predicted octanol–water partition coefficient (Wildman–Crippen LogP) is 0.0508. The molecule has 1 aliphatic rings. The van der Waals surface area contributed by atoms with E-state index in [1.54, 1.807) is 7.11 Å². The minimum atomic E-state index is -0.204. The summed E-state index contributed by atoms with van der Waals surface area (Å²) in [5.74, 6) is 0. The van der Waals surface area contributed by atoms with Gasteiger partial charge in [0, 0.05) is 0 Å². The molecule has 0 radical (unpaired) electrons. The van der Waals surface area contributed by atoms with E-state index in [9.17, 15) is 5.11 Å². The SMILES string of the molecule is CON[C@H]1CCC[C@@H]1O. The van der Waals surface area contributed by atoms with Crippen LogP contribution in [0.4, 0.5) is 0 Å². The molecule has 0 heterocycles. The van der Waals surface area contributed by atoms with E-state index in [4.69, 9.17) is 0 Å². The first-order chi connectivity index (χ1) is 4.34. The molecule has 0 amide bonds. The van der Waals surface area contributed by atoms with E-state index < -0.39 is 0 Å². The van der Waals surface area contributed by atoms with Gasteiger partial charge >= 0.3 is 0 Å². The first kappa shape index (κ1) is 6.99. The number of aliphatic hydroxyl groups excluding tert-OH is 1. The lowest BCUT2D eigenvalue weighted by Gasteiger charge is -2.13. The van der Waals surface area contributed by atoms with Crippen LogP contribution in [0.5, 0.6) is 0 Å². The third kappa shape index (κ3) is 1.64. The second-order valence-corrected chi connectivity index (χ2v) is 2.43. The van der Waals surface area contributed by atoms with Crippen LogP contribution in [-0.4, -0.2) is 24.4 Å². The van der Waals surface area contributed by atoms with E-state index in [0.717, 1.165) is 19.3 Å². The van der Waals surface area contributed by atoms with Crippen LogP contribution in [0.25, 0.3) is 0 Å². The number of hydrogen-bond acceptors (Lipinski definition) is 3. The molecule has 0 bridgehead atoms. The molecule has 9 heavy (non-hydrogen) atoms. The number of hydrogen-bond donors (Lipinski definition) is 2. The Hall–Kier alpha value is -0.120. The normalized spacial score (nSPS) is 35.3. The fourth-order valence-corrected chi connectivity index (χ4v) is 1.23. The summed E-state index contributed by atoms with van der Waals surface area (Å²) < 4.78 is 0. The van der Waals surface area contributed by atoms with E-state index in [1.165, 1.54) is 0 Å². The highest BCUT2D eigenvalue weighted by Gasteiger charge is 2.24. The summed E-state index contributed by atoms with van der Waals surface area (Å²) in [7, 11) is 1.57. The molecule has 1 rings (SSSR count). The standard InChI is InChI=1S/C6H13NO2/c1-9-7-5-3-2-4-6(5)8/h5-8H,2-4H2,1H3/t5-,6-/m0/s1. The molecule has 54 valence electrons. The van der Waals surface area contributed by atoms with Gasteiger partial charge in [-0.1, -0.05) is 0 Å². The summed E-state index contributed by atoms with van der Waals surface area (Å²) in [5, 5.41) is 9.18. The van der Waals surface area contributed by atoms with E-state index in [2.05, 4.69) is 10.3 Å². The zero-order chi connectivity index (χ0) is 6.69. The van der Waals surface area contributed by atoms with Crippen molar-refractivity contribution in [2.45, 2.75) is 31.4 Å². The van der Waals surface area contributed by atoms with Gasteiger partial charge in [0.25, 0.3) is 0 Å². The molecular formula is C6H13NO2. The molecule has 0 saturated heterocycles. The van der Waals surface area contributed by atoms with Crippen LogP contribution >= 0.6 is 0 Å². The topological polar surface area (TPSA) is 41.5 Å². The summed E-state index contributed by atoms with van der Waals surface area (Å²) in [6.45, 7) is 0. The van der Waals surface area contributed by atoms with Gasteiger partial charge in [-0.3, -0.25) is 0 Å². The highest BCUT2D eigenvalue weighted by molar-refractivity contribution is 4.79. The van der Waals surface area contributed by atoms with Crippen molar-refractivity contribution in [2.75, 3.05) is 7.11 Å². The van der Waals surface area contributed by atoms with Gasteiger partial charge in [0.1, 0.15) is 0 Å². The summed E-state index contributed by atoms with van der Waals surface area (Å²) in [4.78, 5) is 4.69. The lowest BCUT2D eigenvalue weighted by atomic mass is 10.2. The quantitative estimate of drug-likeness (QED) is 0.520. The molecule has 1 aliphatic carbocycles. The lowest BCUT2D eigenvalue weighted by molar-refractivity contribution is 0.0192. The highest BCUT2D eigenvalue weighted by Crippen LogP contribution is 2.18. The Labute approximate surface area is 55.0 Å². The van der Waals surface area contributed by atoms with Crippen LogP contribution in [0.1, 0.15) is 19.3 Å². The van der Waals surface area contributed by atoms with Gasteiger partial charge < -0.3 is 9.94 Å². The maximum Gasteiger partial charge on any atom is 0.0716 e. The molecular weight excluding hydrogens is 118 g/mol. The fourth-order valence-electron chi connectivity index (χ4n) is 1.23. The number of nitrogens with one attached hydrogen (secondary N) is 1. The smallest absolute Gasteiger partial charge is 0.0716 e. The minimum absolute atomic E-state index is 0.162. The molecule has 0 aromatic rings. The molecule has 2 atom stereocenters. The van der Waals surface area contributed by atoms with Crippen molar-refractivity contribution in [1.82, 2.24) is 5.48 Å². The van der Waals surface area contributed by atoms with Gasteiger partial charge in [-0.2, -0.15) is 5.48 Å². The Morgan fingerprint density at radius 1 is 1.56 bits per heavy atom. The van der Waals surface area contributed by atoms with Gasteiger partial charge in [-0.05, 0) is 19.3 Å². The fraction of sp³-hybridized carbons (Fsp3) is 1.00. The van der Waals surface area contributed by atoms with Gasteiger partial charge in [0.05, 0.1) is 19.3 Å². The zero-order valence-electron chi connectivity index (χ0n) is 5.63. The molecule has 2 N–H and O–H groups in total. The van der Waals surface area contributed by atoms with Crippen molar-refractivity contribution in [3.05, 3.63) is 0 Å². The van der Waals surface area contributed by atoms with Crippen LogP contribution in [0, 0.1) is 0 Å². The van der Waals surface area contributed by atoms with Crippen molar-refractivity contribution in [3.63, 3.8) is 0 Å². The van der Waals surface area contributed by atoms with Crippen LogP contribution in [0.15, 0.2) is 0 Å². The number of rotatable bonds is 2. The molecule has 3 nitrogen and oxygen atoms in total. The van der Waals surface area contributed by atoms with Crippen LogP contribution < -0.4 is 5.48 Å². The van der Waals surface area contributed by atoms with Crippen molar-refractivity contribution in [2.24, 2.45) is 0 Å². The maximum absolute atomic E-state index is 9.18. The third-order valence-electron chi connectivity index (χ3n) is 1.75. The van der Waals surface area contributed by atoms with Gasteiger partial charge in [0.2, 0.25) is 0 Å². The Morgan fingerprint density at radius 3 is 2.78 bits per heavy atom. The highest BCUT2D eigenvalue weighted by atomic mass is 16.6. The molecule has 0 aliphatic heterocycles. The Morgan fingerprint density at radius 2 is 2.33 bits per heavy atom. The van der Waals surface area contributed by atoms with Crippen LogP contribution in [0.3, 0.4) is 0 Å². The molecule has 1 fully saturated rings. The lowest BCUT2D eigenvalue weighted by Crippen LogP contribution is -2.34. The average Bonchev–Trinajstić information content (AvgIpc) is 2.18. The van der Waals surface area contributed by atoms with Crippen molar-refractivity contribution < 1.29 is 9.94 Å². The van der Waals surface area contributed by atoms with Crippen LogP contribution in [0.2, 0.25) is 0 Å². The summed E-state index contributed by atoms with van der Waals surface area (Å²) in [5.41, 5.74) is 2.74. The van der Waals surface area contributed by atoms with Gasteiger partial charge in [-0.15, -0.1) is 0 Å². The van der Waals surface area contributed by atoms with Crippen molar-refractivity contribution in [3.8, 4) is 0 Å². The second-order valence-electron chi connectivity index (χ2n) is 2.43. The molecule has 1 saturated carbocycles. The molecule has 3 heteroatoms. The monoisotopic (exact) mass is 131 g/mol. The average molecular weight is 131 g/mol. The zero-order valence-corrected chi connectivity index (χ0v) is 5.63. The van der Waals surface area contributed by atoms with Gasteiger partial charge in [0.15, 0.2) is 0 Å². The minimum Gasteiger partial charge on any atom is -0.391 e. The maximum atomic E-state index is 9.18. The first-order valence-corrected chi connectivity index (χ1v) is 3.31. The Balaban J connectivity index is 2.22. The van der Waals surface area contributed by atoms with E-state index in [-0.39, 0.29) is 12.1 Å². The van der Waals surface area contributed by atoms with Crippen LogP contribution in [-0.2, 0) is 4.84 Å². The summed E-state index contributed by atoms with van der Waals surface area (Å²) in [6.07, 6.45) is 2.82. The molecule has 0 unspecified atom stereocenters. The molecule has 0 aromatic heterocycles. The second kappa shape index (κ2) is 3.15.